The Hall–Kier alpha value is -1.36. The molecule has 0 saturated carbocycles. The van der Waals surface area contributed by atoms with E-state index in [4.69, 9.17) is 5.11 Å². The van der Waals surface area contributed by atoms with Crippen LogP contribution in [0.1, 0.15) is 38.6 Å². The summed E-state index contributed by atoms with van der Waals surface area (Å²) in [6.45, 7) is 9.38. The third-order valence-corrected chi connectivity index (χ3v) is 3.17. The van der Waals surface area contributed by atoms with Crippen molar-refractivity contribution in [2.45, 2.75) is 46.6 Å². The molecular formula is C14H26N4O. The zero-order valence-corrected chi connectivity index (χ0v) is 12.7. The maximum atomic E-state index is 9.04. The molecule has 0 unspecified atom stereocenters. The standard InChI is InChI=1S/C14H26N4O/c1-6-12-16-13(15-5)11(4)14(17-12)18(10(2)3)8-7-9-19/h10,19H,6-9H2,1-5H3,(H,15,16,17). The van der Waals surface area contributed by atoms with E-state index in [0.717, 1.165) is 42.4 Å². The van der Waals surface area contributed by atoms with Crippen molar-refractivity contribution >= 4 is 11.6 Å². The van der Waals surface area contributed by atoms with Crippen LogP contribution in [0.2, 0.25) is 0 Å². The van der Waals surface area contributed by atoms with Gasteiger partial charge in [-0.15, -0.1) is 0 Å². The second-order valence-electron chi connectivity index (χ2n) is 4.90. The van der Waals surface area contributed by atoms with Gasteiger partial charge in [0.15, 0.2) is 0 Å². The molecule has 1 aromatic heterocycles. The summed E-state index contributed by atoms with van der Waals surface area (Å²) >= 11 is 0. The molecule has 19 heavy (non-hydrogen) atoms. The van der Waals surface area contributed by atoms with Crippen LogP contribution >= 0.6 is 0 Å². The summed E-state index contributed by atoms with van der Waals surface area (Å²) in [5, 5.41) is 12.2. The van der Waals surface area contributed by atoms with Crippen molar-refractivity contribution in [2.24, 2.45) is 0 Å². The Morgan fingerprint density at radius 3 is 2.47 bits per heavy atom. The number of hydrogen-bond acceptors (Lipinski definition) is 5. The highest BCUT2D eigenvalue weighted by Crippen LogP contribution is 2.25. The topological polar surface area (TPSA) is 61.3 Å². The normalized spacial score (nSPS) is 10.9. The largest absolute Gasteiger partial charge is 0.396 e. The fraction of sp³-hybridized carbons (Fsp3) is 0.714. The van der Waals surface area contributed by atoms with Crippen LogP contribution in [0.5, 0.6) is 0 Å². The van der Waals surface area contributed by atoms with Gasteiger partial charge in [0.1, 0.15) is 17.5 Å². The summed E-state index contributed by atoms with van der Waals surface area (Å²) in [7, 11) is 1.88. The van der Waals surface area contributed by atoms with E-state index in [1.807, 2.05) is 14.0 Å². The quantitative estimate of drug-likeness (QED) is 0.790. The molecule has 0 aliphatic heterocycles. The molecule has 0 radical (unpaired) electrons. The first kappa shape index (κ1) is 15.7. The lowest BCUT2D eigenvalue weighted by Gasteiger charge is -2.30. The van der Waals surface area contributed by atoms with Crippen molar-refractivity contribution in [3.8, 4) is 0 Å². The van der Waals surface area contributed by atoms with Gasteiger partial charge in [-0.25, -0.2) is 9.97 Å². The van der Waals surface area contributed by atoms with Crippen molar-refractivity contribution < 1.29 is 5.11 Å². The molecule has 5 heteroatoms. The minimum absolute atomic E-state index is 0.201. The van der Waals surface area contributed by atoms with Crippen LogP contribution in [-0.4, -0.2) is 41.3 Å². The van der Waals surface area contributed by atoms with E-state index in [-0.39, 0.29) is 6.61 Å². The van der Waals surface area contributed by atoms with Gasteiger partial charge in [0.05, 0.1) is 0 Å². The number of anilines is 2. The molecule has 0 spiro atoms. The summed E-state index contributed by atoms with van der Waals surface area (Å²) in [5.74, 6) is 2.70. The van der Waals surface area contributed by atoms with E-state index in [9.17, 15) is 0 Å². The van der Waals surface area contributed by atoms with Crippen LogP contribution in [0.4, 0.5) is 11.6 Å². The zero-order chi connectivity index (χ0) is 14.4. The van der Waals surface area contributed by atoms with E-state index in [2.05, 4.69) is 41.0 Å². The van der Waals surface area contributed by atoms with Crippen molar-refractivity contribution in [1.29, 1.82) is 0 Å². The minimum Gasteiger partial charge on any atom is -0.396 e. The van der Waals surface area contributed by atoms with Gasteiger partial charge in [0.25, 0.3) is 0 Å². The lowest BCUT2D eigenvalue weighted by molar-refractivity contribution is 0.288. The Bertz CT molecular complexity index is 407. The number of aromatic nitrogens is 2. The second-order valence-corrected chi connectivity index (χ2v) is 4.90. The van der Waals surface area contributed by atoms with E-state index >= 15 is 0 Å². The van der Waals surface area contributed by atoms with Crippen LogP contribution < -0.4 is 10.2 Å². The van der Waals surface area contributed by atoms with Gasteiger partial charge < -0.3 is 15.3 Å². The van der Waals surface area contributed by atoms with Crippen LogP contribution in [0.3, 0.4) is 0 Å². The number of rotatable bonds is 7. The van der Waals surface area contributed by atoms with Crippen molar-refractivity contribution in [1.82, 2.24) is 9.97 Å². The molecule has 2 N–H and O–H groups in total. The zero-order valence-electron chi connectivity index (χ0n) is 12.7. The molecule has 5 nitrogen and oxygen atoms in total. The summed E-state index contributed by atoms with van der Waals surface area (Å²) in [6.07, 6.45) is 1.56. The smallest absolute Gasteiger partial charge is 0.137 e. The summed E-state index contributed by atoms with van der Waals surface area (Å²) < 4.78 is 0. The number of nitrogens with zero attached hydrogens (tertiary/aromatic N) is 3. The third-order valence-electron chi connectivity index (χ3n) is 3.17. The van der Waals surface area contributed by atoms with E-state index < -0.39 is 0 Å². The molecule has 0 aliphatic carbocycles. The SMILES string of the molecule is CCc1nc(NC)c(C)c(N(CCCO)C(C)C)n1. The lowest BCUT2D eigenvalue weighted by Crippen LogP contribution is -2.34. The molecule has 0 bridgehead atoms. The Labute approximate surface area is 116 Å². The number of hydrogen-bond donors (Lipinski definition) is 2. The molecule has 1 heterocycles. The van der Waals surface area contributed by atoms with Crippen LogP contribution in [0, 0.1) is 6.92 Å². The maximum Gasteiger partial charge on any atom is 0.137 e. The summed E-state index contributed by atoms with van der Waals surface area (Å²) in [4.78, 5) is 11.4. The van der Waals surface area contributed by atoms with Crippen LogP contribution in [0.15, 0.2) is 0 Å². The van der Waals surface area contributed by atoms with Gasteiger partial charge in [-0.05, 0) is 27.2 Å². The molecule has 0 amide bonds. The Kier molecular flexibility index (Phi) is 6.02. The Morgan fingerprint density at radius 2 is 2.00 bits per heavy atom. The molecular weight excluding hydrogens is 240 g/mol. The molecule has 108 valence electrons. The molecule has 1 aromatic rings. The highest BCUT2D eigenvalue weighted by molar-refractivity contribution is 5.58. The monoisotopic (exact) mass is 266 g/mol. The van der Waals surface area contributed by atoms with Gasteiger partial charge in [-0.2, -0.15) is 0 Å². The fourth-order valence-corrected chi connectivity index (χ4v) is 2.08. The number of aliphatic hydroxyl groups excluding tert-OH is 1. The fourth-order valence-electron chi connectivity index (χ4n) is 2.08. The second kappa shape index (κ2) is 7.28. The van der Waals surface area contributed by atoms with E-state index in [1.165, 1.54) is 0 Å². The van der Waals surface area contributed by atoms with E-state index in [0.29, 0.717) is 6.04 Å². The van der Waals surface area contributed by atoms with Gasteiger partial charge in [-0.3, -0.25) is 0 Å². The lowest BCUT2D eigenvalue weighted by atomic mass is 10.2. The number of nitrogens with one attached hydrogen (secondary N) is 1. The van der Waals surface area contributed by atoms with Crippen LogP contribution in [-0.2, 0) is 6.42 Å². The first-order chi connectivity index (χ1) is 9.04. The van der Waals surface area contributed by atoms with Crippen molar-refractivity contribution in [3.63, 3.8) is 0 Å². The van der Waals surface area contributed by atoms with Gasteiger partial charge >= 0.3 is 0 Å². The highest BCUT2D eigenvalue weighted by Gasteiger charge is 2.17. The van der Waals surface area contributed by atoms with Gasteiger partial charge in [0.2, 0.25) is 0 Å². The average Bonchev–Trinajstić information content (AvgIpc) is 2.40. The average molecular weight is 266 g/mol. The van der Waals surface area contributed by atoms with E-state index in [1.54, 1.807) is 0 Å². The van der Waals surface area contributed by atoms with Gasteiger partial charge in [-0.1, -0.05) is 6.92 Å². The first-order valence-electron chi connectivity index (χ1n) is 6.97. The molecule has 1 rings (SSSR count). The van der Waals surface area contributed by atoms with Crippen molar-refractivity contribution in [3.05, 3.63) is 11.4 Å². The molecule has 0 atom stereocenters. The van der Waals surface area contributed by atoms with Gasteiger partial charge in [0, 0.05) is 38.2 Å². The Morgan fingerprint density at radius 1 is 1.32 bits per heavy atom. The number of aryl methyl sites for hydroxylation is 1. The predicted molar refractivity (Wildman–Crippen MR) is 79.9 cm³/mol. The van der Waals surface area contributed by atoms with Crippen molar-refractivity contribution in [2.75, 3.05) is 30.4 Å². The third kappa shape index (κ3) is 3.80. The highest BCUT2D eigenvalue weighted by atomic mass is 16.3. The predicted octanol–water partition coefficient (Wildman–Crippen LogP) is 1.99. The maximum absolute atomic E-state index is 9.04. The summed E-state index contributed by atoms with van der Waals surface area (Å²) in [5.41, 5.74) is 1.06. The molecule has 0 saturated heterocycles. The summed E-state index contributed by atoms with van der Waals surface area (Å²) in [6, 6.07) is 0.342. The molecule has 0 aromatic carbocycles. The first-order valence-corrected chi connectivity index (χ1v) is 6.97. The molecule has 0 aliphatic rings. The van der Waals surface area contributed by atoms with Crippen LogP contribution in [0.25, 0.3) is 0 Å². The molecule has 0 fully saturated rings. The number of aliphatic hydroxyl groups is 1. The minimum atomic E-state index is 0.201. The Balaban J connectivity index is 3.20.